The number of carbonyl (C=O) groups is 3. The monoisotopic (exact) mass is 488 g/mol. The van der Waals surface area contributed by atoms with Gasteiger partial charge in [-0.25, -0.2) is 4.79 Å². The minimum Gasteiger partial charge on any atom is -0.465 e. The van der Waals surface area contributed by atoms with E-state index in [0.29, 0.717) is 17.0 Å². The molecule has 2 aromatic carbocycles. The van der Waals surface area contributed by atoms with Crippen molar-refractivity contribution in [1.82, 2.24) is 9.47 Å². The Labute approximate surface area is 209 Å². The van der Waals surface area contributed by atoms with Crippen LogP contribution < -0.4 is 0 Å². The van der Waals surface area contributed by atoms with E-state index < -0.39 is 0 Å². The summed E-state index contributed by atoms with van der Waals surface area (Å²) in [7, 11) is 1.37. The number of aryl methyl sites for hydroxylation is 2. The van der Waals surface area contributed by atoms with E-state index in [0.717, 1.165) is 52.8 Å². The maximum Gasteiger partial charge on any atom is 0.338 e. The number of rotatable bonds is 7. The lowest BCUT2D eigenvalue weighted by Gasteiger charge is -2.15. The molecule has 35 heavy (non-hydrogen) atoms. The fraction of sp³-hybridized carbons (Fsp3) is 0.250. The average molecular weight is 489 g/mol. The first kappa shape index (κ1) is 24.5. The van der Waals surface area contributed by atoms with Crippen molar-refractivity contribution < 1.29 is 19.1 Å². The largest absolute Gasteiger partial charge is 0.465 e. The summed E-state index contributed by atoms with van der Waals surface area (Å²) in [5, 5.41) is -0.232. The minimum atomic E-state index is -0.382. The van der Waals surface area contributed by atoms with Gasteiger partial charge in [0.15, 0.2) is 0 Å². The van der Waals surface area contributed by atoms with Crippen LogP contribution in [0.3, 0.4) is 0 Å². The first-order valence-corrected chi connectivity index (χ1v) is 12.3. The number of esters is 1. The van der Waals surface area contributed by atoms with Crippen molar-refractivity contribution in [2.24, 2.45) is 0 Å². The van der Waals surface area contributed by atoms with Crippen molar-refractivity contribution in [3.05, 3.63) is 93.1 Å². The van der Waals surface area contributed by atoms with Gasteiger partial charge in [0.05, 0.1) is 17.6 Å². The zero-order valence-corrected chi connectivity index (χ0v) is 21.1. The van der Waals surface area contributed by atoms with Gasteiger partial charge in [-0.2, -0.15) is 0 Å². The van der Waals surface area contributed by atoms with Crippen LogP contribution in [0.25, 0.3) is 11.8 Å². The number of thioether (sulfide) groups is 1. The molecule has 0 spiro atoms. The number of imide groups is 1. The van der Waals surface area contributed by atoms with Gasteiger partial charge in [-0.05, 0) is 86.3 Å². The highest BCUT2D eigenvalue weighted by Gasteiger charge is 2.34. The number of nitrogens with zero attached hydrogens (tertiary/aromatic N) is 2. The van der Waals surface area contributed by atoms with E-state index in [1.165, 1.54) is 17.6 Å². The molecule has 3 aromatic rings. The molecule has 1 aromatic heterocycles. The summed E-state index contributed by atoms with van der Waals surface area (Å²) in [6.07, 6.45) is 3.33. The topological polar surface area (TPSA) is 68.6 Å². The standard InChI is InChI=1S/C28H28N2O4S/c1-18-16-22(20(3)30(18)24-14-8-13-23(19(24)2)27(32)34-4)17-25-26(31)29(28(33)35-25)15-9-12-21-10-6-5-7-11-21/h5-8,10-11,13-14,16-17H,9,12,15H2,1-4H3/b25-17+. The normalized spacial score (nSPS) is 14.7. The van der Waals surface area contributed by atoms with Crippen LogP contribution in [0.4, 0.5) is 4.79 Å². The number of benzene rings is 2. The van der Waals surface area contributed by atoms with Crippen LogP contribution in [-0.4, -0.2) is 40.2 Å². The molecular weight excluding hydrogens is 460 g/mol. The molecule has 1 fully saturated rings. The SMILES string of the molecule is COC(=O)c1cccc(-n2c(C)cc(/C=C3/SC(=O)N(CCCc4ccccc4)C3=O)c2C)c1C. The van der Waals surface area contributed by atoms with Crippen LogP contribution in [0.5, 0.6) is 0 Å². The van der Waals surface area contributed by atoms with Gasteiger partial charge < -0.3 is 9.30 Å². The third-order valence-electron chi connectivity index (χ3n) is 6.27. The second-order valence-electron chi connectivity index (χ2n) is 8.53. The van der Waals surface area contributed by atoms with Crippen LogP contribution in [0.1, 0.15) is 44.9 Å². The maximum atomic E-state index is 13.0. The van der Waals surface area contributed by atoms with Gasteiger partial charge in [-0.1, -0.05) is 36.4 Å². The fourth-order valence-electron chi connectivity index (χ4n) is 4.42. The van der Waals surface area contributed by atoms with E-state index in [1.54, 1.807) is 12.1 Å². The zero-order valence-electron chi connectivity index (χ0n) is 20.3. The van der Waals surface area contributed by atoms with E-state index >= 15 is 0 Å². The van der Waals surface area contributed by atoms with E-state index in [2.05, 4.69) is 4.57 Å². The van der Waals surface area contributed by atoms with Crippen molar-refractivity contribution in [2.75, 3.05) is 13.7 Å². The van der Waals surface area contributed by atoms with E-state index in [1.807, 2.05) is 69.3 Å². The second-order valence-corrected chi connectivity index (χ2v) is 9.52. The van der Waals surface area contributed by atoms with E-state index in [4.69, 9.17) is 4.74 Å². The molecule has 0 saturated carbocycles. The average Bonchev–Trinajstić information content (AvgIpc) is 3.28. The molecule has 4 rings (SSSR count). The third-order valence-corrected chi connectivity index (χ3v) is 7.18. The number of carbonyl (C=O) groups excluding carboxylic acids is 3. The first-order chi connectivity index (χ1) is 16.8. The number of ether oxygens (including phenoxy) is 1. The summed E-state index contributed by atoms with van der Waals surface area (Å²) < 4.78 is 6.97. The summed E-state index contributed by atoms with van der Waals surface area (Å²) in [6.45, 7) is 6.23. The van der Waals surface area contributed by atoms with Gasteiger partial charge in [0.2, 0.25) is 0 Å². The molecular formula is C28H28N2O4S. The number of hydrogen-bond donors (Lipinski definition) is 0. The molecule has 0 bridgehead atoms. The van der Waals surface area contributed by atoms with Crippen LogP contribution in [0.15, 0.2) is 59.5 Å². The van der Waals surface area contributed by atoms with Crippen molar-refractivity contribution in [3.8, 4) is 5.69 Å². The van der Waals surface area contributed by atoms with Gasteiger partial charge >= 0.3 is 5.97 Å². The Morgan fingerprint density at radius 2 is 1.77 bits per heavy atom. The Morgan fingerprint density at radius 3 is 2.49 bits per heavy atom. The van der Waals surface area contributed by atoms with E-state index in [-0.39, 0.29) is 17.1 Å². The van der Waals surface area contributed by atoms with E-state index in [9.17, 15) is 14.4 Å². The molecule has 7 heteroatoms. The molecule has 0 aliphatic carbocycles. The first-order valence-electron chi connectivity index (χ1n) is 11.5. The highest BCUT2D eigenvalue weighted by Crippen LogP contribution is 2.34. The lowest BCUT2D eigenvalue weighted by Crippen LogP contribution is -2.29. The van der Waals surface area contributed by atoms with Crippen LogP contribution in [0.2, 0.25) is 0 Å². The fourth-order valence-corrected chi connectivity index (χ4v) is 5.28. The number of methoxy groups -OCH3 is 1. The predicted octanol–water partition coefficient (Wildman–Crippen LogP) is 5.86. The van der Waals surface area contributed by atoms with Crippen molar-refractivity contribution in [2.45, 2.75) is 33.6 Å². The van der Waals surface area contributed by atoms with Gasteiger partial charge in [-0.15, -0.1) is 0 Å². The predicted molar refractivity (Wildman–Crippen MR) is 139 cm³/mol. The maximum absolute atomic E-state index is 13.0. The Morgan fingerprint density at radius 1 is 1.03 bits per heavy atom. The Hall–Kier alpha value is -3.58. The Balaban J connectivity index is 1.56. The minimum absolute atomic E-state index is 0.232. The van der Waals surface area contributed by atoms with Gasteiger partial charge in [0.25, 0.3) is 11.1 Å². The van der Waals surface area contributed by atoms with Crippen molar-refractivity contribution >= 4 is 35.0 Å². The second kappa shape index (κ2) is 10.4. The molecule has 0 atom stereocenters. The molecule has 0 unspecified atom stereocenters. The molecule has 1 aliphatic heterocycles. The molecule has 0 N–H and O–H groups in total. The van der Waals surface area contributed by atoms with Crippen LogP contribution in [0, 0.1) is 20.8 Å². The van der Waals surface area contributed by atoms with Crippen molar-refractivity contribution in [3.63, 3.8) is 0 Å². The molecule has 1 saturated heterocycles. The van der Waals surface area contributed by atoms with Gasteiger partial charge in [0.1, 0.15) is 0 Å². The summed E-state index contributed by atoms with van der Waals surface area (Å²) in [5.41, 5.74) is 6.12. The quantitative estimate of drug-likeness (QED) is 0.308. The molecule has 2 heterocycles. The van der Waals surface area contributed by atoms with Crippen LogP contribution >= 0.6 is 11.8 Å². The lowest BCUT2D eigenvalue weighted by molar-refractivity contribution is -0.122. The zero-order chi connectivity index (χ0) is 25.1. The molecule has 180 valence electrons. The Kier molecular flexibility index (Phi) is 7.26. The summed E-state index contributed by atoms with van der Waals surface area (Å²) >= 11 is 0.983. The summed E-state index contributed by atoms with van der Waals surface area (Å²) in [6, 6.07) is 17.6. The van der Waals surface area contributed by atoms with Crippen molar-refractivity contribution in [1.29, 1.82) is 0 Å². The van der Waals surface area contributed by atoms with Gasteiger partial charge in [0, 0.05) is 23.6 Å². The Bertz CT molecular complexity index is 1320. The highest BCUT2D eigenvalue weighted by molar-refractivity contribution is 8.18. The molecule has 2 amide bonds. The number of aromatic nitrogens is 1. The molecule has 0 radical (unpaired) electrons. The van der Waals surface area contributed by atoms with Crippen LogP contribution in [-0.2, 0) is 16.0 Å². The molecule has 1 aliphatic rings. The smallest absolute Gasteiger partial charge is 0.338 e. The molecule has 6 nitrogen and oxygen atoms in total. The number of amides is 2. The summed E-state index contributed by atoms with van der Waals surface area (Å²) in [4.78, 5) is 39.5. The van der Waals surface area contributed by atoms with Gasteiger partial charge in [-0.3, -0.25) is 14.5 Å². The number of hydrogen-bond acceptors (Lipinski definition) is 5. The third kappa shape index (κ3) is 4.95. The lowest BCUT2D eigenvalue weighted by atomic mass is 10.1. The highest BCUT2D eigenvalue weighted by atomic mass is 32.2. The summed E-state index contributed by atoms with van der Waals surface area (Å²) in [5.74, 6) is -0.630.